The van der Waals surface area contributed by atoms with Crippen molar-refractivity contribution in [2.24, 2.45) is 17.6 Å². The molecule has 3 nitrogen and oxygen atoms in total. The van der Waals surface area contributed by atoms with Crippen LogP contribution in [0.1, 0.15) is 12.8 Å². The van der Waals surface area contributed by atoms with Crippen LogP contribution in [-0.4, -0.2) is 67.6 Å². The quantitative estimate of drug-likeness (QED) is 0.795. The minimum absolute atomic E-state index is 0.607. The lowest BCUT2D eigenvalue weighted by Gasteiger charge is -2.33. The minimum Gasteiger partial charge on any atom is -0.329 e. The number of nitrogens with two attached hydrogens (primary N) is 1. The fourth-order valence-electron chi connectivity index (χ4n) is 3.31. The average molecular weight is 257 g/mol. The fourth-order valence-corrected chi connectivity index (χ4v) is 4.63. The summed E-state index contributed by atoms with van der Waals surface area (Å²) in [4.78, 5) is 4.99. The van der Waals surface area contributed by atoms with Gasteiger partial charge in [0, 0.05) is 25.7 Å². The van der Waals surface area contributed by atoms with E-state index in [0.29, 0.717) is 6.04 Å². The van der Waals surface area contributed by atoms with Crippen LogP contribution in [0.4, 0.5) is 0 Å². The molecule has 0 aliphatic carbocycles. The van der Waals surface area contributed by atoms with E-state index >= 15 is 0 Å². The average Bonchev–Trinajstić information content (AvgIpc) is 2.92. The van der Waals surface area contributed by atoms with Gasteiger partial charge in [0.1, 0.15) is 0 Å². The van der Waals surface area contributed by atoms with E-state index in [9.17, 15) is 0 Å². The van der Waals surface area contributed by atoms with Gasteiger partial charge in [-0.15, -0.1) is 0 Å². The largest absolute Gasteiger partial charge is 0.329 e. The van der Waals surface area contributed by atoms with E-state index in [4.69, 9.17) is 5.73 Å². The number of nitrogens with zero attached hydrogens (tertiary/aromatic N) is 2. The van der Waals surface area contributed by atoms with E-state index in [0.717, 1.165) is 18.4 Å². The lowest BCUT2D eigenvalue weighted by Crippen LogP contribution is -2.45. The van der Waals surface area contributed by atoms with Crippen molar-refractivity contribution in [1.29, 1.82) is 0 Å². The molecule has 4 heteroatoms. The van der Waals surface area contributed by atoms with Crippen molar-refractivity contribution >= 4 is 11.8 Å². The number of thioether (sulfide) groups is 1. The van der Waals surface area contributed by atoms with Crippen molar-refractivity contribution in [3.8, 4) is 0 Å². The Morgan fingerprint density at radius 1 is 1.47 bits per heavy atom. The maximum atomic E-state index is 5.99. The zero-order valence-corrected chi connectivity index (χ0v) is 12.1. The molecule has 0 aromatic carbocycles. The predicted molar refractivity (Wildman–Crippen MR) is 76.5 cm³/mol. The van der Waals surface area contributed by atoms with Gasteiger partial charge in [-0.2, -0.15) is 11.8 Å². The van der Waals surface area contributed by atoms with E-state index in [1.54, 1.807) is 0 Å². The van der Waals surface area contributed by atoms with Crippen molar-refractivity contribution in [3.05, 3.63) is 0 Å². The van der Waals surface area contributed by atoms with Gasteiger partial charge in [0.05, 0.1) is 0 Å². The van der Waals surface area contributed by atoms with Crippen LogP contribution in [0.5, 0.6) is 0 Å². The molecule has 2 saturated heterocycles. The summed E-state index contributed by atoms with van der Waals surface area (Å²) in [7, 11) is 4.51. The summed E-state index contributed by atoms with van der Waals surface area (Å²) in [5.74, 6) is 4.33. The highest BCUT2D eigenvalue weighted by molar-refractivity contribution is 7.99. The van der Waals surface area contributed by atoms with Crippen LogP contribution >= 0.6 is 11.8 Å². The van der Waals surface area contributed by atoms with Gasteiger partial charge in [0.15, 0.2) is 0 Å². The van der Waals surface area contributed by atoms with Crippen molar-refractivity contribution in [2.45, 2.75) is 18.9 Å². The van der Waals surface area contributed by atoms with E-state index in [2.05, 4.69) is 35.7 Å². The first-order valence-electron chi connectivity index (χ1n) is 6.87. The summed E-state index contributed by atoms with van der Waals surface area (Å²) < 4.78 is 0. The third-order valence-electron chi connectivity index (χ3n) is 4.35. The highest BCUT2D eigenvalue weighted by Crippen LogP contribution is 2.28. The smallest absolute Gasteiger partial charge is 0.0251 e. The van der Waals surface area contributed by atoms with Gasteiger partial charge in [-0.25, -0.2) is 0 Å². The Kier molecular flexibility index (Phi) is 5.15. The Labute approximate surface area is 110 Å². The zero-order valence-electron chi connectivity index (χ0n) is 11.3. The summed E-state index contributed by atoms with van der Waals surface area (Å²) in [5, 5.41) is 0. The van der Waals surface area contributed by atoms with Gasteiger partial charge in [-0.05, 0) is 56.8 Å². The second-order valence-electron chi connectivity index (χ2n) is 5.78. The Morgan fingerprint density at radius 2 is 2.29 bits per heavy atom. The van der Waals surface area contributed by atoms with Crippen LogP contribution in [-0.2, 0) is 0 Å². The van der Waals surface area contributed by atoms with Crippen LogP contribution in [0.3, 0.4) is 0 Å². The van der Waals surface area contributed by atoms with Gasteiger partial charge in [-0.1, -0.05) is 0 Å². The normalized spacial score (nSPS) is 32.5. The molecule has 100 valence electrons. The molecule has 0 bridgehead atoms. The number of likely N-dealkylation sites (tertiary alicyclic amines) is 1. The summed E-state index contributed by atoms with van der Waals surface area (Å²) >= 11 is 2.10. The number of rotatable bonds is 5. The molecule has 0 radical (unpaired) electrons. The van der Waals surface area contributed by atoms with Gasteiger partial charge >= 0.3 is 0 Å². The van der Waals surface area contributed by atoms with Gasteiger partial charge in [0.2, 0.25) is 0 Å². The molecule has 0 saturated carbocycles. The summed E-state index contributed by atoms with van der Waals surface area (Å²) in [6.07, 6.45) is 2.72. The number of hydrogen-bond acceptors (Lipinski definition) is 4. The number of hydrogen-bond donors (Lipinski definition) is 1. The Hall–Kier alpha value is 0.230. The molecule has 2 aliphatic rings. The van der Waals surface area contributed by atoms with Crippen LogP contribution in [0.25, 0.3) is 0 Å². The van der Waals surface area contributed by atoms with Crippen LogP contribution < -0.4 is 5.73 Å². The predicted octanol–water partition coefficient (Wildman–Crippen LogP) is 0.950. The van der Waals surface area contributed by atoms with E-state index in [1.807, 2.05) is 0 Å². The van der Waals surface area contributed by atoms with Crippen molar-refractivity contribution in [3.63, 3.8) is 0 Å². The molecule has 0 spiro atoms. The van der Waals surface area contributed by atoms with Crippen LogP contribution in [0.2, 0.25) is 0 Å². The molecule has 0 amide bonds. The standard InChI is InChI=1S/C13H27N3S/c1-15-5-3-11(8-15)9-16(2)13(7-14)12-4-6-17-10-12/h11-13H,3-10,14H2,1-2H3. The molecule has 2 aliphatic heterocycles. The maximum absolute atomic E-state index is 5.99. The molecule has 17 heavy (non-hydrogen) atoms. The monoisotopic (exact) mass is 257 g/mol. The Morgan fingerprint density at radius 3 is 2.82 bits per heavy atom. The van der Waals surface area contributed by atoms with Crippen molar-refractivity contribution in [2.75, 3.05) is 51.8 Å². The lowest BCUT2D eigenvalue weighted by atomic mass is 9.96. The second-order valence-corrected chi connectivity index (χ2v) is 6.93. The lowest BCUT2D eigenvalue weighted by molar-refractivity contribution is 0.166. The van der Waals surface area contributed by atoms with Crippen LogP contribution in [0.15, 0.2) is 0 Å². The molecule has 2 rings (SSSR count). The molecule has 0 aromatic heterocycles. The van der Waals surface area contributed by atoms with Gasteiger partial charge < -0.3 is 15.5 Å². The van der Waals surface area contributed by atoms with E-state index in [1.165, 1.54) is 44.0 Å². The first-order chi connectivity index (χ1) is 8.20. The summed E-state index contributed by atoms with van der Waals surface area (Å²) in [6, 6.07) is 0.607. The van der Waals surface area contributed by atoms with Gasteiger partial charge in [0.25, 0.3) is 0 Å². The molecular weight excluding hydrogens is 230 g/mol. The minimum atomic E-state index is 0.607. The molecule has 3 unspecified atom stereocenters. The maximum Gasteiger partial charge on any atom is 0.0251 e. The molecule has 2 fully saturated rings. The fraction of sp³-hybridized carbons (Fsp3) is 1.00. The van der Waals surface area contributed by atoms with Crippen molar-refractivity contribution in [1.82, 2.24) is 9.80 Å². The summed E-state index contributed by atoms with van der Waals surface area (Å²) in [6.45, 7) is 4.59. The van der Waals surface area contributed by atoms with Gasteiger partial charge in [-0.3, -0.25) is 0 Å². The molecule has 2 heterocycles. The Bertz CT molecular complexity index is 231. The summed E-state index contributed by atoms with van der Waals surface area (Å²) in [5.41, 5.74) is 5.99. The SMILES string of the molecule is CN1CCC(CN(C)C(CN)C2CCSC2)C1. The highest BCUT2D eigenvalue weighted by atomic mass is 32.2. The van der Waals surface area contributed by atoms with E-state index in [-0.39, 0.29) is 0 Å². The highest BCUT2D eigenvalue weighted by Gasteiger charge is 2.29. The zero-order chi connectivity index (χ0) is 12.3. The molecule has 2 N–H and O–H groups in total. The number of likely N-dealkylation sites (N-methyl/N-ethyl adjacent to an activating group) is 1. The molecule has 0 aromatic rings. The first kappa shape index (κ1) is 13.7. The molecular formula is C13H27N3S. The van der Waals surface area contributed by atoms with Crippen molar-refractivity contribution < 1.29 is 0 Å². The van der Waals surface area contributed by atoms with Crippen LogP contribution in [0, 0.1) is 11.8 Å². The Balaban J connectivity index is 1.81. The van der Waals surface area contributed by atoms with E-state index < -0.39 is 0 Å². The third kappa shape index (κ3) is 3.60. The topological polar surface area (TPSA) is 32.5 Å². The third-order valence-corrected chi connectivity index (χ3v) is 5.54. The second kappa shape index (κ2) is 6.41. The molecule has 3 atom stereocenters. The first-order valence-corrected chi connectivity index (χ1v) is 8.02.